The van der Waals surface area contributed by atoms with Crippen molar-refractivity contribution in [2.45, 2.75) is 75.2 Å². The lowest BCUT2D eigenvalue weighted by atomic mass is 9.86. The number of fused-ring (bicyclic) bond motifs is 4. The van der Waals surface area contributed by atoms with Gasteiger partial charge in [0.05, 0.1) is 35.1 Å². The normalized spacial score (nSPS) is 22.6. The Labute approximate surface area is 354 Å². The van der Waals surface area contributed by atoms with Crippen molar-refractivity contribution in [3.63, 3.8) is 0 Å². The van der Waals surface area contributed by atoms with Crippen LogP contribution in [0.5, 0.6) is 5.75 Å². The Balaban J connectivity index is 0.770. The highest BCUT2D eigenvalue weighted by Gasteiger charge is 2.51. The summed E-state index contributed by atoms with van der Waals surface area (Å²) in [5, 5.41) is 14.0. The van der Waals surface area contributed by atoms with Crippen molar-refractivity contribution in [1.29, 1.82) is 0 Å². The maximum atomic E-state index is 16.2. The average Bonchev–Trinajstić information content (AvgIpc) is 4.06. The molecule has 62 heavy (non-hydrogen) atoms. The number of aryl methyl sites for hydroxylation is 2. The molecule has 1 saturated carbocycles. The van der Waals surface area contributed by atoms with Crippen LogP contribution in [0.4, 0.5) is 40.7 Å². The van der Waals surface area contributed by atoms with Crippen LogP contribution in [0, 0.1) is 23.5 Å². The summed E-state index contributed by atoms with van der Waals surface area (Å²) in [5.41, 5.74) is 2.19. The number of hydrogen-bond donors (Lipinski definition) is 3. The van der Waals surface area contributed by atoms with Gasteiger partial charge in [-0.1, -0.05) is 12.1 Å². The third kappa shape index (κ3) is 7.28. The Bertz CT molecular complexity index is 2670. The van der Waals surface area contributed by atoms with E-state index < -0.39 is 41.8 Å². The van der Waals surface area contributed by atoms with Crippen LogP contribution in [0.15, 0.2) is 41.3 Å². The average molecular weight is 857 g/mol. The first kappa shape index (κ1) is 40.3. The molecule has 18 heteroatoms. The fourth-order valence-electron chi connectivity index (χ4n) is 10.0. The Hall–Kier alpha value is -5.78. The number of hydrogen-bond acceptors (Lipinski definition) is 11. The smallest absolute Gasteiger partial charge is 0.301 e. The number of aromatic nitrogens is 5. The number of carbonyl (C=O) groups excluding carboxylic acids is 2. The fraction of sp³-hybridized carbons (Fsp3) is 0.500. The molecule has 4 aliphatic heterocycles. The molecule has 3 N–H and O–H groups in total. The summed E-state index contributed by atoms with van der Waals surface area (Å²) in [6.45, 7) is 3.10. The number of benzene rings is 2. The molecule has 0 bridgehead atoms. The largest absolute Gasteiger partial charge is 0.480 e. The van der Waals surface area contributed by atoms with Gasteiger partial charge in [0.15, 0.2) is 24.1 Å². The molecular formula is C44H48F4N10O4. The minimum Gasteiger partial charge on any atom is -0.480 e. The molecule has 326 valence electrons. The van der Waals surface area contributed by atoms with Gasteiger partial charge in [0.25, 0.3) is 5.56 Å². The van der Waals surface area contributed by atoms with Gasteiger partial charge in [-0.25, -0.2) is 22.5 Å². The molecule has 4 fully saturated rings. The molecule has 0 radical (unpaired) electrons. The summed E-state index contributed by atoms with van der Waals surface area (Å²) in [7, 11) is 3.25. The molecule has 1 unspecified atom stereocenters. The zero-order valence-electron chi connectivity index (χ0n) is 34.5. The van der Waals surface area contributed by atoms with Crippen molar-refractivity contribution in [3.8, 4) is 5.75 Å². The maximum absolute atomic E-state index is 16.2. The van der Waals surface area contributed by atoms with Crippen LogP contribution in [-0.4, -0.2) is 92.3 Å². The molecule has 3 aromatic heterocycles. The van der Waals surface area contributed by atoms with Crippen molar-refractivity contribution >= 4 is 56.8 Å². The lowest BCUT2D eigenvalue weighted by Crippen LogP contribution is -2.44. The fourth-order valence-corrected chi connectivity index (χ4v) is 10.0. The predicted octanol–water partition coefficient (Wildman–Crippen LogP) is 6.07. The van der Waals surface area contributed by atoms with Crippen LogP contribution in [0.25, 0.3) is 21.8 Å². The molecule has 14 nitrogen and oxygen atoms in total. The van der Waals surface area contributed by atoms with Gasteiger partial charge in [-0.15, -0.1) is 0 Å². The number of rotatable bonds is 8. The summed E-state index contributed by atoms with van der Waals surface area (Å²) in [6.07, 6.45) is 6.48. The highest BCUT2D eigenvalue weighted by atomic mass is 19.3. The number of anilines is 4. The van der Waals surface area contributed by atoms with Crippen LogP contribution < -0.4 is 31.1 Å². The summed E-state index contributed by atoms with van der Waals surface area (Å²) >= 11 is 0. The second-order valence-corrected chi connectivity index (χ2v) is 17.7. The van der Waals surface area contributed by atoms with E-state index in [-0.39, 0.29) is 47.2 Å². The third-order valence-electron chi connectivity index (χ3n) is 13.6. The number of pyridine rings is 1. The second kappa shape index (κ2) is 15.5. The van der Waals surface area contributed by atoms with Gasteiger partial charge >= 0.3 is 5.92 Å². The minimum absolute atomic E-state index is 0.0319. The van der Waals surface area contributed by atoms with E-state index >= 15 is 17.6 Å². The van der Waals surface area contributed by atoms with Crippen molar-refractivity contribution in [1.82, 2.24) is 34.5 Å². The molecule has 2 amide bonds. The number of nitrogens with zero attached hydrogens (tertiary/aromatic N) is 7. The van der Waals surface area contributed by atoms with Crippen LogP contribution in [0.2, 0.25) is 0 Å². The van der Waals surface area contributed by atoms with E-state index in [1.807, 2.05) is 17.0 Å². The van der Waals surface area contributed by atoms with E-state index in [1.165, 1.54) is 9.25 Å². The maximum Gasteiger partial charge on any atom is 0.301 e. The summed E-state index contributed by atoms with van der Waals surface area (Å²) in [4.78, 5) is 50.9. The summed E-state index contributed by atoms with van der Waals surface area (Å²) in [6, 6.07) is 7.59. The summed E-state index contributed by atoms with van der Waals surface area (Å²) < 4.78 is 70.0. The van der Waals surface area contributed by atoms with Gasteiger partial charge in [0.2, 0.25) is 23.5 Å². The van der Waals surface area contributed by atoms with E-state index in [1.54, 1.807) is 32.3 Å². The molecule has 3 saturated heterocycles. The van der Waals surface area contributed by atoms with Gasteiger partial charge in [-0.2, -0.15) is 10.1 Å². The van der Waals surface area contributed by atoms with Crippen molar-refractivity contribution < 1.29 is 31.9 Å². The van der Waals surface area contributed by atoms with Crippen LogP contribution >= 0.6 is 0 Å². The summed E-state index contributed by atoms with van der Waals surface area (Å²) in [5.74, 6) is -4.94. The van der Waals surface area contributed by atoms with Crippen molar-refractivity contribution in [2.75, 3.05) is 54.9 Å². The Morgan fingerprint density at radius 2 is 1.71 bits per heavy atom. The monoisotopic (exact) mass is 856 g/mol. The van der Waals surface area contributed by atoms with Gasteiger partial charge in [0, 0.05) is 56.6 Å². The standard InChI is InChI=1S/C44H48F4N10O4/c1-55-32-9-5-26(19-30(32)36-38(42(55)61)62-22-44(47,48)39(52-36)25-3-4-25)50-40-31(45)20-49-43(53-40)58-17-11-23(12-18-58)21-57-15-13-24(14-16-57)27-6-7-28-35(54-56(2)37(28)34(27)46)29-8-10-33(59)51-41(29)60/h5-7,9,19-20,23-25,29,39,52H,3-4,8,10-18,21-22H2,1-2H3,(H,49,50,53)(H,51,59,60)/t29?,39-/m0/s1. The zero-order valence-corrected chi connectivity index (χ0v) is 34.5. The first-order valence-electron chi connectivity index (χ1n) is 21.5. The highest BCUT2D eigenvalue weighted by molar-refractivity contribution is 6.02. The first-order valence-corrected chi connectivity index (χ1v) is 21.5. The van der Waals surface area contributed by atoms with Crippen LogP contribution in [0.1, 0.15) is 74.5 Å². The third-order valence-corrected chi connectivity index (χ3v) is 13.6. The van der Waals surface area contributed by atoms with Gasteiger partial charge in [-0.3, -0.25) is 24.4 Å². The Morgan fingerprint density at radius 3 is 2.45 bits per heavy atom. The molecule has 0 spiro atoms. The Morgan fingerprint density at radius 1 is 0.935 bits per heavy atom. The predicted molar refractivity (Wildman–Crippen MR) is 224 cm³/mol. The lowest BCUT2D eigenvalue weighted by molar-refractivity contribution is -0.134. The quantitative estimate of drug-likeness (QED) is 0.123. The molecular weight excluding hydrogens is 809 g/mol. The van der Waals surface area contributed by atoms with Gasteiger partial charge < -0.3 is 29.7 Å². The first-order chi connectivity index (χ1) is 29.8. The SMILES string of the molecule is Cn1nc(C2CCC(=O)NC2=O)c2ccc(C3CCN(CC4CCN(c5ncc(F)c(Nc6ccc7c(c6)c6c(c(=O)n7C)OCC(F)(F)[C@H](C7CC7)N6)n5)CC4)CC3)c(F)c21. The molecule has 10 rings (SSSR count). The number of halogens is 4. The van der Waals surface area contributed by atoms with E-state index in [0.29, 0.717) is 83.0 Å². The minimum atomic E-state index is -3.17. The number of alkyl halides is 2. The Kier molecular flexibility index (Phi) is 10.1. The van der Waals surface area contributed by atoms with Crippen molar-refractivity contribution in [3.05, 3.63) is 69.8 Å². The zero-order chi connectivity index (χ0) is 43.0. The molecule has 5 aromatic rings. The molecule has 1 aliphatic carbocycles. The second-order valence-electron chi connectivity index (χ2n) is 17.7. The number of imide groups is 1. The number of nitrogens with one attached hydrogen (secondary N) is 3. The van der Waals surface area contributed by atoms with Gasteiger partial charge in [-0.05, 0) is 99.6 Å². The van der Waals surface area contributed by atoms with E-state index in [0.717, 1.165) is 51.5 Å². The highest BCUT2D eigenvalue weighted by Crippen LogP contribution is 2.46. The molecule has 2 aromatic carbocycles. The van der Waals surface area contributed by atoms with E-state index in [9.17, 15) is 14.4 Å². The molecule has 7 heterocycles. The topological polar surface area (TPSA) is 152 Å². The number of carbonyl (C=O) groups is 2. The van der Waals surface area contributed by atoms with E-state index in [4.69, 9.17) is 4.74 Å². The number of likely N-dealkylation sites (tertiary alicyclic amines) is 1. The number of amides is 2. The molecule has 2 atom stereocenters. The van der Waals surface area contributed by atoms with Gasteiger partial charge in [0.1, 0.15) is 5.52 Å². The van der Waals surface area contributed by atoms with Crippen LogP contribution in [-0.2, 0) is 23.7 Å². The van der Waals surface area contributed by atoms with E-state index in [2.05, 4.69) is 35.9 Å². The van der Waals surface area contributed by atoms with Crippen molar-refractivity contribution in [2.24, 2.45) is 25.9 Å². The van der Waals surface area contributed by atoms with Crippen LogP contribution in [0.3, 0.4) is 0 Å². The number of ether oxygens (including phenoxy) is 1. The molecule has 5 aliphatic rings. The number of piperidine rings is 3. The lowest BCUT2D eigenvalue weighted by Gasteiger charge is -2.38.